The van der Waals surface area contributed by atoms with E-state index >= 15 is 0 Å². The molecule has 2 rings (SSSR count). The molecule has 1 unspecified atom stereocenters. The van der Waals surface area contributed by atoms with E-state index in [4.69, 9.17) is 0 Å². The maximum Gasteiger partial charge on any atom is 0.0948 e. The molecule has 108 valence electrons. The summed E-state index contributed by atoms with van der Waals surface area (Å²) >= 11 is 0. The van der Waals surface area contributed by atoms with Crippen LogP contribution >= 0.6 is 0 Å². The van der Waals surface area contributed by atoms with Crippen LogP contribution in [-0.4, -0.2) is 9.55 Å². The first-order valence-electron chi connectivity index (χ1n) is 7.62. The van der Waals surface area contributed by atoms with E-state index in [1.54, 1.807) is 0 Å². The van der Waals surface area contributed by atoms with Gasteiger partial charge in [-0.15, -0.1) is 0 Å². The van der Waals surface area contributed by atoms with Gasteiger partial charge in [-0.05, 0) is 18.4 Å². The highest BCUT2D eigenvalue weighted by molar-refractivity contribution is 5.19. The van der Waals surface area contributed by atoms with Crippen molar-refractivity contribution in [3.63, 3.8) is 0 Å². The largest absolute Gasteiger partial charge is 0.333 e. The molecule has 20 heavy (non-hydrogen) atoms. The SMILES string of the molecule is CCCC(NCc1cncn1CCC)c1ccccc1. The van der Waals surface area contributed by atoms with Crippen molar-refractivity contribution in [3.05, 3.63) is 54.1 Å². The molecule has 3 nitrogen and oxygen atoms in total. The van der Waals surface area contributed by atoms with Crippen molar-refractivity contribution in [2.24, 2.45) is 0 Å². The molecule has 1 aromatic carbocycles. The van der Waals surface area contributed by atoms with Crippen LogP contribution < -0.4 is 5.32 Å². The van der Waals surface area contributed by atoms with Crippen molar-refractivity contribution in [2.75, 3.05) is 0 Å². The fourth-order valence-corrected chi connectivity index (χ4v) is 2.53. The van der Waals surface area contributed by atoms with Gasteiger partial charge in [0.1, 0.15) is 0 Å². The smallest absolute Gasteiger partial charge is 0.0948 e. The van der Waals surface area contributed by atoms with Gasteiger partial charge < -0.3 is 9.88 Å². The van der Waals surface area contributed by atoms with Gasteiger partial charge >= 0.3 is 0 Å². The molecule has 0 aliphatic carbocycles. The maximum absolute atomic E-state index is 4.26. The second-order valence-electron chi connectivity index (χ2n) is 5.21. The number of aryl methyl sites for hydroxylation is 1. The van der Waals surface area contributed by atoms with Gasteiger partial charge in [-0.1, -0.05) is 50.6 Å². The Morgan fingerprint density at radius 3 is 2.65 bits per heavy atom. The van der Waals surface area contributed by atoms with Gasteiger partial charge in [0.15, 0.2) is 0 Å². The highest BCUT2D eigenvalue weighted by Crippen LogP contribution is 2.18. The molecule has 0 fully saturated rings. The average Bonchev–Trinajstić information content (AvgIpc) is 2.92. The lowest BCUT2D eigenvalue weighted by molar-refractivity contribution is 0.479. The molecular weight excluding hydrogens is 246 g/mol. The minimum absolute atomic E-state index is 0.422. The molecule has 1 atom stereocenters. The van der Waals surface area contributed by atoms with Crippen molar-refractivity contribution >= 4 is 0 Å². The summed E-state index contributed by atoms with van der Waals surface area (Å²) in [5.41, 5.74) is 2.64. The molecule has 0 saturated heterocycles. The van der Waals surface area contributed by atoms with Crippen molar-refractivity contribution in [2.45, 2.75) is 52.2 Å². The van der Waals surface area contributed by atoms with Gasteiger partial charge in [0.05, 0.1) is 12.0 Å². The Morgan fingerprint density at radius 2 is 1.95 bits per heavy atom. The van der Waals surface area contributed by atoms with E-state index in [-0.39, 0.29) is 0 Å². The Balaban J connectivity index is 2.00. The Hall–Kier alpha value is -1.61. The third kappa shape index (κ3) is 3.94. The zero-order valence-corrected chi connectivity index (χ0v) is 12.5. The average molecular weight is 271 g/mol. The van der Waals surface area contributed by atoms with Gasteiger partial charge in [-0.2, -0.15) is 0 Å². The number of imidazole rings is 1. The molecule has 3 heteroatoms. The number of benzene rings is 1. The summed E-state index contributed by atoms with van der Waals surface area (Å²) in [6.45, 7) is 6.35. The summed E-state index contributed by atoms with van der Waals surface area (Å²) in [4.78, 5) is 4.26. The number of hydrogen-bond acceptors (Lipinski definition) is 2. The van der Waals surface area contributed by atoms with Gasteiger partial charge in [-0.3, -0.25) is 0 Å². The quantitative estimate of drug-likeness (QED) is 0.788. The second kappa shape index (κ2) is 7.85. The van der Waals surface area contributed by atoms with Crippen LogP contribution in [0.25, 0.3) is 0 Å². The van der Waals surface area contributed by atoms with E-state index in [1.807, 2.05) is 12.5 Å². The minimum atomic E-state index is 0.422. The normalized spacial score (nSPS) is 12.5. The van der Waals surface area contributed by atoms with Crippen LogP contribution in [0.15, 0.2) is 42.9 Å². The van der Waals surface area contributed by atoms with Gasteiger partial charge in [0.2, 0.25) is 0 Å². The lowest BCUT2D eigenvalue weighted by atomic mass is 10.0. The third-order valence-corrected chi connectivity index (χ3v) is 3.57. The lowest BCUT2D eigenvalue weighted by Crippen LogP contribution is -2.22. The van der Waals surface area contributed by atoms with E-state index in [2.05, 4.69) is 59.0 Å². The number of nitrogens with one attached hydrogen (secondary N) is 1. The van der Waals surface area contributed by atoms with E-state index in [1.165, 1.54) is 17.7 Å². The van der Waals surface area contributed by atoms with Crippen LogP contribution in [0.3, 0.4) is 0 Å². The van der Waals surface area contributed by atoms with Gasteiger partial charge in [-0.25, -0.2) is 4.98 Å². The molecule has 0 aliphatic rings. The number of aromatic nitrogens is 2. The molecule has 1 heterocycles. The summed E-state index contributed by atoms with van der Waals surface area (Å²) in [5.74, 6) is 0. The Labute approximate surface area is 122 Å². The monoisotopic (exact) mass is 271 g/mol. The molecule has 1 aromatic heterocycles. The zero-order chi connectivity index (χ0) is 14.2. The van der Waals surface area contributed by atoms with E-state index in [0.29, 0.717) is 6.04 Å². The summed E-state index contributed by atoms with van der Waals surface area (Å²) in [7, 11) is 0. The lowest BCUT2D eigenvalue weighted by Gasteiger charge is -2.19. The highest BCUT2D eigenvalue weighted by atomic mass is 15.1. The standard InChI is InChI=1S/C17H25N3/c1-3-8-17(15-9-6-5-7-10-15)19-13-16-12-18-14-20(16)11-4-2/h5-7,9-10,12,14,17,19H,3-4,8,11,13H2,1-2H3. The van der Waals surface area contributed by atoms with Crippen LogP contribution in [0.1, 0.15) is 50.4 Å². The van der Waals surface area contributed by atoms with Crippen LogP contribution in [0, 0.1) is 0 Å². The summed E-state index contributed by atoms with van der Waals surface area (Å²) in [6, 6.07) is 11.1. The molecule has 0 aliphatic heterocycles. The summed E-state index contributed by atoms with van der Waals surface area (Å²) < 4.78 is 2.24. The fourth-order valence-electron chi connectivity index (χ4n) is 2.53. The van der Waals surface area contributed by atoms with Crippen LogP contribution in [0.5, 0.6) is 0 Å². The van der Waals surface area contributed by atoms with Crippen molar-refractivity contribution in [1.29, 1.82) is 0 Å². The Morgan fingerprint density at radius 1 is 1.15 bits per heavy atom. The number of nitrogens with zero attached hydrogens (tertiary/aromatic N) is 2. The van der Waals surface area contributed by atoms with Crippen LogP contribution in [0.4, 0.5) is 0 Å². The topological polar surface area (TPSA) is 29.9 Å². The molecule has 0 bridgehead atoms. The molecule has 0 spiro atoms. The predicted octanol–water partition coefficient (Wildman–Crippen LogP) is 3.92. The number of rotatable bonds is 8. The zero-order valence-electron chi connectivity index (χ0n) is 12.5. The number of hydrogen-bond donors (Lipinski definition) is 1. The van der Waals surface area contributed by atoms with Crippen LogP contribution in [-0.2, 0) is 13.1 Å². The Bertz CT molecular complexity index is 490. The summed E-state index contributed by atoms with van der Waals surface area (Å²) in [5, 5.41) is 3.68. The first-order chi connectivity index (χ1) is 9.85. The van der Waals surface area contributed by atoms with Gasteiger partial charge in [0.25, 0.3) is 0 Å². The van der Waals surface area contributed by atoms with E-state index < -0.39 is 0 Å². The van der Waals surface area contributed by atoms with Gasteiger partial charge in [0, 0.05) is 25.3 Å². The summed E-state index contributed by atoms with van der Waals surface area (Å²) in [6.07, 6.45) is 7.38. The van der Waals surface area contributed by atoms with E-state index in [0.717, 1.165) is 25.9 Å². The molecule has 0 radical (unpaired) electrons. The Kier molecular flexibility index (Phi) is 5.81. The molecule has 0 saturated carbocycles. The first-order valence-corrected chi connectivity index (χ1v) is 7.62. The molecule has 2 aromatic rings. The predicted molar refractivity (Wildman–Crippen MR) is 83.4 cm³/mol. The molecular formula is C17H25N3. The van der Waals surface area contributed by atoms with Crippen molar-refractivity contribution in [1.82, 2.24) is 14.9 Å². The fraction of sp³-hybridized carbons (Fsp3) is 0.471. The van der Waals surface area contributed by atoms with E-state index in [9.17, 15) is 0 Å². The first kappa shape index (κ1) is 14.8. The van der Waals surface area contributed by atoms with Crippen molar-refractivity contribution < 1.29 is 0 Å². The van der Waals surface area contributed by atoms with Crippen molar-refractivity contribution in [3.8, 4) is 0 Å². The third-order valence-electron chi connectivity index (χ3n) is 3.57. The maximum atomic E-state index is 4.26. The minimum Gasteiger partial charge on any atom is -0.333 e. The van der Waals surface area contributed by atoms with Crippen LogP contribution in [0.2, 0.25) is 0 Å². The highest BCUT2D eigenvalue weighted by Gasteiger charge is 2.10. The molecule has 1 N–H and O–H groups in total. The second-order valence-corrected chi connectivity index (χ2v) is 5.21. The molecule has 0 amide bonds.